The molecule has 0 radical (unpaired) electrons. The summed E-state index contributed by atoms with van der Waals surface area (Å²) < 4.78 is 12.9. The van der Waals surface area contributed by atoms with Crippen molar-refractivity contribution in [3.63, 3.8) is 0 Å². The number of carboxylic acids is 1. The molecule has 0 spiro atoms. The van der Waals surface area contributed by atoms with Crippen molar-refractivity contribution in [3.05, 3.63) is 47.8 Å². The summed E-state index contributed by atoms with van der Waals surface area (Å²) in [5.41, 5.74) is 5.73. The molecule has 1 atom stereocenters. The van der Waals surface area contributed by atoms with E-state index in [1.165, 1.54) is 18.2 Å². The first kappa shape index (κ1) is 10.4. The Morgan fingerprint density at radius 3 is 2.79 bits per heavy atom. The number of carbonyl (C=O) groups is 1. The van der Waals surface area contributed by atoms with Gasteiger partial charge in [-0.15, -0.1) is 6.58 Å². The third-order valence-electron chi connectivity index (χ3n) is 1.86. The second-order valence-electron chi connectivity index (χ2n) is 2.81. The number of rotatable bonds is 3. The Balaban J connectivity index is 3.19. The lowest BCUT2D eigenvalue weighted by Crippen LogP contribution is -2.09. The lowest BCUT2D eigenvalue weighted by molar-refractivity contribution is 0.0692. The van der Waals surface area contributed by atoms with Crippen LogP contribution in [0.15, 0.2) is 30.9 Å². The number of halogens is 1. The quantitative estimate of drug-likeness (QED) is 0.721. The van der Waals surface area contributed by atoms with Crippen LogP contribution in [0.1, 0.15) is 22.0 Å². The van der Waals surface area contributed by atoms with Crippen LogP contribution in [0.2, 0.25) is 0 Å². The lowest BCUT2D eigenvalue weighted by Gasteiger charge is -2.07. The summed E-state index contributed by atoms with van der Waals surface area (Å²) in [5, 5.41) is 8.64. The minimum Gasteiger partial charge on any atom is -0.478 e. The molecule has 0 saturated carbocycles. The van der Waals surface area contributed by atoms with E-state index in [4.69, 9.17) is 10.8 Å². The van der Waals surface area contributed by atoms with E-state index < -0.39 is 17.8 Å². The second-order valence-corrected chi connectivity index (χ2v) is 2.81. The molecule has 4 heteroatoms. The number of hydrogen-bond donors (Lipinski definition) is 2. The first-order valence-corrected chi connectivity index (χ1v) is 3.97. The van der Waals surface area contributed by atoms with E-state index in [1.807, 2.05) is 0 Å². The number of carboxylic acid groups (broad SMARTS) is 1. The molecule has 74 valence electrons. The second kappa shape index (κ2) is 4.02. The fourth-order valence-corrected chi connectivity index (χ4v) is 1.05. The zero-order valence-electron chi connectivity index (χ0n) is 7.40. The molecule has 1 aromatic carbocycles. The maximum atomic E-state index is 12.9. The molecule has 1 aromatic rings. The molecule has 0 saturated heterocycles. The van der Waals surface area contributed by atoms with Crippen molar-refractivity contribution < 1.29 is 14.3 Å². The molecule has 0 aliphatic heterocycles. The van der Waals surface area contributed by atoms with Gasteiger partial charge in [-0.2, -0.15) is 0 Å². The van der Waals surface area contributed by atoms with E-state index in [2.05, 4.69) is 6.58 Å². The normalized spacial score (nSPS) is 12.1. The average Bonchev–Trinajstić information content (AvgIpc) is 2.17. The molecule has 0 aromatic heterocycles. The van der Waals surface area contributed by atoms with E-state index in [0.29, 0.717) is 5.56 Å². The summed E-state index contributed by atoms with van der Waals surface area (Å²) in [6, 6.07) is 3.26. The highest BCUT2D eigenvalue weighted by Crippen LogP contribution is 2.16. The highest BCUT2D eigenvalue weighted by molar-refractivity contribution is 5.88. The van der Waals surface area contributed by atoms with Gasteiger partial charge >= 0.3 is 5.97 Å². The molecule has 3 nitrogen and oxygen atoms in total. The van der Waals surface area contributed by atoms with Gasteiger partial charge in [0.15, 0.2) is 0 Å². The van der Waals surface area contributed by atoms with Crippen molar-refractivity contribution in [3.8, 4) is 0 Å². The Morgan fingerprint density at radius 2 is 2.29 bits per heavy atom. The van der Waals surface area contributed by atoms with Gasteiger partial charge in [-0.05, 0) is 17.7 Å². The van der Waals surface area contributed by atoms with E-state index in [9.17, 15) is 9.18 Å². The van der Waals surface area contributed by atoms with Crippen LogP contribution in [-0.4, -0.2) is 11.1 Å². The number of nitrogens with two attached hydrogens (primary N) is 1. The molecular formula is C10H10FNO2. The lowest BCUT2D eigenvalue weighted by atomic mass is 10.0. The maximum Gasteiger partial charge on any atom is 0.338 e. The van der Waals surface area contributed by atoms with Crippen molar-refractivity contribution in [2.24, 2.45) is 5.73 Å². The largest absolute Gasteiger partial charge is 0.478 e. The highest BCUT2D eigenvalue weighted by Gasteiger charge is 2.12. The van der Waals surface area contributed by atoms with Crippen molar-refractivity contribution in [1.29, 1.82) is 0 Å². The molecule has 0 fully saturated rings. The van der Waals surface area contributed by atoms with Gasteiger partial charge < -0.3 is 10.8 Å². The van der Waals surface area contributed by atoms with E-state index in [-0.39, 0.29) is 5.56 Å². The topological polar surface area (TPSA) is 63.3 Å². The zero-order valence-corrected chi connectivity index (χ0v) is 7.40. The van der Waals surface area contributed by atoms with Gasteiger partial charge in [-0.3, -0.25) is 0 Å². The SMILES string of the molecule is C=C[C@@H](N)c1ccc(F)c(C(=O)O)c1. The molecule has 0 aliphatic rings. The van der Waals surface area contributed by atoms with E-state index in [1.54, 1.807) is 0 Å². The van der Waals surface area contributed by atoms with Crippen LogP contribution >= 0.6 is 0 Å². The number of aromatic carboxylic acids is 1. The molecular weight excluding hydrogens is 185 g/mol. The van der Waals surface area contributed by atoms with Gasteiger partial charge in [0.1, 0.15) is 5.82 Å². The van der Waals surface area contributed by atoms with Gasteiger partial charge in [-0.25, -0.2) is 9.18 Å². The third kappa shape index (κ3) is 1.97. The molecule has 14 heavy (non-hydrogen) atoms. The van der Waals surface area contributed by atoms with Gasteiger partial charge in [0.2, 0.25) is 0 Å². The first-order valence-electron chi connectivity index (χ1n) is 3.97. The van der Waals surface area contributed by atoms with E-state index in [0.717, 1.165) is 6.07 Å². The monoisotopic (exact) mass is 195 g/mol. The van der Waals surface area contributed by atoms with Gasteiger partial charge in [0.25, 0.3) is 0 Å². The van der Waals surface area contributed by atoms with Crippen molar-refractivity contribution in [1.82, 2.24) is 0 Å². The third-order valence-corrected chi connectivity index (χ3v) is 1.86. The van der Waals surface area contributed by atoms with Crippen LogP contribution in [0.5, 0.6) is 0 Å². The Kier molecular flexibility index (Phi) is 2.99. The smallest absolute Gasteiger partial charge is 0.338 e. The number of hydrogen-bond acceptors (Lipinski definition) is 2. The van der Waals surface area contributed by atoms with Crippen LogP contribution < -0.4 is 5.73 Å². The van der Waals surface area contributed by atoms with Crippen LogP contribution in [0.3, 0.4) is 0 Å². The molecule has 0 heterocycles. The van der Waals surface area contributed by atoms with Crippen LogP contribution in [0.4, 0.5) is 4.39 Å². The molecule has 0 bridgehead atoms. The van der Waals surface area contributed by atoms with Crippen LogP contribution in [-0.2, 0) is 0 Å². The van der Waals surface area contributed by atoms with Crippen molar-refractivity contribution in [2.45, 2.75) is 6.04 Å². The minimum atomic E-state index is -1.30. The summed E-state index contributed by atoms with van der Waals surface area (Å²) in [6.45, 7) is 3.47. The van der Waals surface area contributed by atoms with Crippen molar-refractivity contribution in [2.75, 3.05) is 0 Å². The Labute approximate surface area is 80.7 Å². The summed E-state index contributed by atoms with van der Waals surface area (Å²) >= 11 is 0. The molecule has 3 N–H and O–H groups in total. The summed E-state index contributed by atoms with van der Waals surface area (Å²) in [6.07, 6.45) is 1.46. The predicted octanol–water partition coefficient (Wildman–Crippen LogP) is 1.71. The Morgan fingerprint density at radius 1 is 1.64 bits per heavy atom. The Bertz CT molecular complexity index is 376. The number of benzene rings is 1. The summed E-state index contributed by atoms with van der Waals surface area (Å²) in [7, 11) is 0. The summed E-state index contributed by atoms with van der Waals surface area (Å²) in [4.78, 5) is 10.6. The Hall–Kier alpha value is -1.68. The highest BCUT2D eigenvalue weighted by atomic mass is 19.1. The summed E-state index contributed by atoms with van der Waals surface area (Å²) in [5.74, 6) is -2.07. The van der Waals surface area contributed by atoms with Gasteiger partial charge in [0.05, 0.1) is 5.56 Å². The fourth-order valence-electron chi connectivity index (χ4n) is 1.05. The van der Waals surface area contributed by atoms with Gasteiger partial charge in [0, 0.05) is 6.04 Å². The molecule has 0 unspecified atom stereocenters. The van der Waals surface area contributed by atoms with Crippen LogP contribution in [0, 0.1) is 5.82 Å². The average molecular weight is 195 g/mol. The van der Waals surface area contributed by atoms with E-state index >= 15 is 0 Å². The first-order chi connectivity index (χ1) is 6.56. The standard InChI is InChI=1S/C10H10FNO2/c1-2-9(12)6-3-4-8(11)7(5-6)10(13)14/h2-5,9H,1,12H2,(H,13,14)/t9-/m1/s1. The van der Waals surface area contributed by atoms with Crippen LogP contribution in [0.25, 0.3) is 0 Å². The maximum absolute atomic E-state index is 12.9. The predicted molar refractivity (Wildman–Crippen MR) is 50.5 cm³/mol. The van der Waals surface area contributed by atoms with Gasteiger partial charge in [-0.1, -0.05) is 12.1 Å². The van der Waals surface area contributed by atoms with Crippen molar-refractivity contribution >= 4 is 5.97 Å². The molecule has 1 rings (SSSR count). The fraction of sp³-hybridized carbons (Fsp3) is 0.100. The molecule has 0 amide bonds. The molecule has 0 aliphatic carbocycles. The minimum absolute atomic E-state index is 0.375. The zero-order chi connectivity index (χ0) is 10.7.